The second-order valence-corrected chi connectivity index (χ2v) is 7.26. The molecule has 0 aromatic rings. The van der Waals surface area contributed by atoms with E-state index in [2.05, 4.69) is 6.92 Å². The second kappa shape index (κ2) is 7.17. The van der Waals surface area contributed by atoms with Crippen LogP contribution in [0.25, 0.3) is 0 Å². The summed E-state index contributed by atoms with van der Waals surface area (Å²) in [7, 11) is 0. The largest absolute Gasteiger partial charge is 0.323 e. The Kier molecular flexibility index (Phi) is 5.79. The number of unbranched alkanes of at least 4 members (excludes halogenated alkanes) is 1. The topological polar surface area (TPSA) is 26.0 Å². The quantitative estimate of drug-likeness (QED) is 0.714. The molecule has 1 aliphatic heterocycles. The Bertz CT molecular complexity index is 290. The fourth-order valence-corrected chi connectivity index (χ4v) is 4.29. The predicted molar refractivity (Wildman–Crippen MR) is 78.7 cm³/mol. The van der Waals surface area contributed by atoms with Crippen molar-refractivity contribution >= 4 is 0 Å². The van der Waals surface area contributed by atoms with Gasteiger partial charge in [-0.05, 0) is 25.7 Å². The Hall–Kier alpha value is -0.220. The van der Waals surface area contributed by atoms with Gasteiger partial charge in [-0.1, -0.05) is 26.2 Å². The van der Waals surface area contributed by atoms with E-state index < -0.39 is 6.43 Å². The van der Waals surface area contributed by atoms with E-state index in [9.17, 15) is 8.78 Å². The highest BCUT2D eigenvalue weighted by Crippen LogP contribution is 2.34. The molecule has 0 aromatic heterocycles. The molecule has 1 aliphatic carbocycles. The molecule has 0 radical (unpaired) electrons. The number of halogens is 2. The maximum atomic E-state index is 13.1. The van der Waals surface area contributed by atoms with Crippen LogP contribution in [0.5, 0.6) is 0 Å². The van der Waals surface area contributed by atoms with E-state index in [4.69, 9.17) is 5.73 Å². The van der Waals surface area contributed by atoms with Crippen LogP contribution in [0.15, 0.2) is 0 Å². The lowest BCUT2D eigenvalue weighted by molar-refractivity contribution is -0.943. The summed E-state index contributed by atoms with van der Waals surface area (Å²) in [6, 6.07) is 0.115. The first-order valence-electron chi connectivity index (χ1n) is 8.42. The molecule has 1 heterocycles. The van der Waals surface area contributed by atoms with Crippen LogP contribution in [-0.4, -0.2) is 43.1 Å². The lowest BCUT2D eigenvalue weighted by atomic mass is 9.82. The highest BCUT2D eigenvalue weighted by Gasteiger charge is 2.42. The summed E-state index contributed by atoms with van der Waals surface area (Å²) in [6.45, 7) is 4.86. The standard InChI is InChI=1S/C16H31F2N2/c1-2-3-5-14-8-15(19)11-20(10-14,12-16(17)18)9-13-6-4-7-13/h13-16H,2-12,19H2,1H3/q+1. The molecule has 2 aliphatic rings. The lowest BCUT2D eigenvalue weighted by Gasteiger charge is -2.49. The molecule has 118 valence electrons. The second-order valence-electron chi connectivity index (χ2n) is 7.26. The first kappa shape index (κ1) is 16.2. The Balaban J connectivity index is 2.01. The van der Waals surface area contributed by atoms with Crippen molar-refractivity contribution in [2.24, 2.45) is 17.6 Å². The fourth-order valence-electron chi connectivity index (χ4n) is 4.29. The smallest absolute Gasteiger partial charge is 0.286 e. The minimum Gasteiger partial charge on any atom is -0.323 e. The Labute approximate surface area is 122 Å². The van der Waals surface area contributed by atoms with Crippen molar-refractivity contribution in [2.45, 2.75) is 64.3 Å². The molecular formula is C16H31F2N2+. The van der Waals surface area contributed by atoms with E-state index in [1.54, 1.807) is 0 Å². The zero-order valence-electron chi connectivity index (χ0n) is 12.9. The molecular weight excluding hydrogens is 258 g/mol. The molecule has 4 heteroatoms. The van der Waals surface area contributed by atoms with Crippen LogP contribution in [0.2, 0.25) is 0 Å². The number of nitrogens with two attached hydrogens (primary N) is 1. The van der Waals surface area contributed by atoms with Gasteiger partial charge in [-0.2, -0.15) is 0 Å². The van der Waals surface area contributed by atoms with Gasteiger partial charge in [-0.25, -0.2) is 8.78 Å². The van der Waals surface area contributed by atoms with Crippen molar-refractivity contribution in [3.63, 3.8) is 0 Å². The van der Waals surface area contributed by atoms with Crippen LogP contribution < -0.4 is 5.73 Å². The van der Waals surface area contributed by atoms with Crippen LogP contribution in [0.4, 0.5) is 8.78 Å². The highest BCUT2D eigenvalue weighted by atomic mass is 19.3. The molecule has 1 saturated heterocycles. The van der Waals surface area contributed by atoms with Crippen molar-refractivity contribution in [1.82, 2.24) is 0 Å². The molecule has 1 saturated carbocycles. The molecule has 2 nitrogen and oxygen atoms in total. The van der Waals surface area contributed by atoms with Gasteiger partial charge in [0.15, 0.2) is 0 Å². The van der Waals surface area contributed by atoms with Gasteiger partial charge in [0.1, 0.15) is 6.54 Å². The van der Waals surface area contributed by atoms with Crippen molar-refractivity contribution < 1.29 is 13.3 Å². The van der Waals surface area contributed by atoms with Crippen molar-refractivity contribution in [2.75, 3.05) is 26.2 Å². The molecule has 2 rings (SSSR count). The van der Waals surface area contributed by atoms with E-state index in [1.165, 1.54) is 32.1 Å². The molecule has 3 unspecified atom stereocenters. The molecule has 0 aromatic carbocycles. The van der Waals surface area contributed by atoms with Crippen molar-refractivity contribution in [3.05, 3.63) is 0 Å². The Morgan fingerprint density at radius 2 is 1.95 bits per heavy atom. The normalized spacial score (nSPS) is 35.2. The third kappa shape index (κ3) is 4.39. The fraction of sp³-hybridized carbons (Fsp3) is 1.00. The molecule has 0 spiro atoms. The maximum absolute atomic E-state index is 13.1. The van der Waals surface area contributed by atoms with Gasteiger partial charge in [0.05, 0.1) is 25.7 Å². The number of hydrogen-bond acceptors (Lipinski definition) is 1. The monoisotopic (exact) mass is 289 g/mol. The number of nitrogens with zero attached hydrogens (tertiary/aromatic N) is 1. The molecule has 2 N–H and O–H groups in total. The van der Waals surface area contributed by atoms with Crippen LogP contribution in [0, 0.1) is 11.8 Å². The zero-order chi connectivity index (χ0) is 14.6. The number of quaternary nitrogens is 1. The summed E-state index contributed by atoms with van der Waals surface area (Å²) in [4.78, 5) is 0. The molecule has 0 bridgehead atoms. The molecule has 2 fully saturated rings. The highest BCUT2D eigenvalue weighted by molar-refractivity contribution is 4.78. The lowest BCUT2D eigenvalue weighted by Crippen LogP contribution is -2.63. The summed E-state index contributed by atoms with van der Waals surface area (Å²) in [5, 5.41) is 0. The van der Waals surface area contributed by atoms with Gasteiger partial charge in [0, 0.05) is 11.8 Å². The van der Waals surface area contributed by atoms with Gasteiger partial charge in [-0.15, -0.1) is 0 Å². The Morgan fingerprint density at radius 1 is 1.20 bits per heavy atom. The van der Waals surface area contributed by atoms with Gasteiger partial charge in [0.2, 0.25) is 0 Å². The average molecular weight is 289 g/mol. The van der Waals surface area contributed by atoms with Crippen molar-refractivity contribution in [3.8, 4) is 0 Å². The summed E-state index contributed by atoms with van der Waals surface area (Å²) < 4.78 is 26.8. The van der Waals surface area contributed by atoms with E-state index in [-0.39, 0.29) is 12.6 Å². The van der Waals surface area contributed by atoms with Crippen molar-refractivity contribution in [1.29, 1.82) is 0 Å². The Morgan fingerprint density at radius 3 is 2.50 bits per heavy atom. The first-order chi connectivity index (χ1) is 9.53. The van der Waals surface area contributed by atoms with E-state index >= 15 is 0 Å². The van der Waals surface area contributed by atoms with Gasteiger partial charge < -0.3 is 10.2 Å². The van der Waals surface area contributed by atoms with Crippen LogP contribution >= 0.6 is 0 Å². The third-order valence-corrected chi connectivity index (χ3v) is 5.26. The van der Waals surface area contributed by atoms with Crippen LogP contribution in [-0.2, 0) is 0 Å². The summed E-state index contributed by atoms with van der Waals surface area (Å²) in [6.07, 6.45) is 6.14. The van der Waals surface area contributed by atoms with Gasteiger partial charge in [0.25, 0.3) is 6.43 Å². The SMILES string of the molecule is CCCCC1CC(N)C[N+](CC(F)F)(CC2CCC2)C1. The number of likely N-dealkylation sites (tertiary alicyclic amines) is 1. The predicted octanol–water partition coefficient (Wildman–Crippen LogP) is 3.41. The van der Waals surface area contributed by atoms with E-state index in [1.807, 2.05) is 0 Å². The van der Waals surface area contributed by atoms with Gasteiger partial charge >= 0.3 is 0 Å². The van der Waals surface area contributed by atoms with Gasteiger partial charge in [-0.3, -0.25) is 0 Å². The number of rotatable bonds is 7. The number of alkyl halides is 2. The molecule has 3 atom stereocenters. The minimum atomic E-state index is -2.20. The third-order valence-electron chi connectivity index (χ3n) is 5.26. The maximum Gasteiger partial charge on any atom is 0.286 e. The van der Waals surface area contributed by atoms with E-state index in [0.29, 0.717) is 16.3 Å². The molecule has 20 heavy (non-hydrogen) atoms. The molecule has 0 amide bonds. The van der Waals surface area contributed by atoms with E-state index in [0.717, 1.165) is 32.5 Å². The van der Waals surface area contributed by atoms with Crippen LogP contribution in [0.3, 0.4) is 0 Å². The van der Waals surface area contributed by atoms with Crippen LogP contribution in [0.1, 0.15) is 51.9 Å². The summed E-state index contributed by atoms with van der Waals surface area (Å²) in [5.41, 5.74) is 6.22. The number of hydrogen-bond donors (Lipinski definition) is 1. The number of piperidine rings is 1. The average Bonchev–Trinajstić information content (AvgIpc) is 2.30. The summed E-state index contributed by atoms with van der Waals surface area (Å²) >= 11 is 0. The summed E-state index contributed by atoms with van der Waals surface area (Å²) in [5.74, 6) is 1.23. The first-order valence-corrected chi connectivity index (χ1v) is 8.42. The minimum absolute atomic E-state index is 0.0207. The zero-order valence-corrected chi connectivity index (χ0v) is 12.9.